The molecule has 0 saturated heterocycles. The molecule has 1 N–H and O–H groups in total. The summed E-state index contributed by atoms with van der Waals surface area (Å²) in [4.78, 5) is 15.9. The highest BCUT2D eigenvalue weighted by atomic mass is 19.2. The molecule has 0 aliphatic carbocycles. The lowest BCUT2D eigenvalue weighted by Gasteiger charge is -2.05. The predicted molar refractivity (Wildman–Crippen MR) is 68.3 cm³/mol. The zero-order valence-corrected chi connectivity index (χ0v) is 10.1. The van der Waals surface area contributed by atoms with Crippen molar-refractivity contribution in [2.24, 2.45) is 0 Å². The van der Waals surface area contributed by atoms with E-state index in [2.05, 4.69) is 10.3 Å². The number of anilines is 1. The molecule has 0 atom stereocenters. The van der Waals surface area contributed by atoms with Crippen molar-refractivity contribution in [3.05, 3.63) is 60.0 Å². The number of rotatable bonds is 2. The Balaban J connectivity index is 1.86. The minimum atomic E-state index is -1.02. The van der Waals surface area contributed by atoms with Gasteiger partial charge in [-0.1, -0.05) is 0 Å². The zero-order chi connectivity index (χ0) is 14.1. The number of oxazole rings is 1. The maximum Gasteiger partial charge on any atom is 0.255 e. The first-order valence-corrected chi connectivity index (χ1v) is 5.73. The van der Waals surface area contributed by atoms with Crippen LogP contribution in [0.1, 0.15) is 10.4 Å². The smallest absolute Gasteiger partial charge is 0.255 e. The highest BCUT2D eigenvalue weighted by Crippen LogP contribution is 2.17. The lowest BCUT2D eigenvalue weighted by Crippen LogP contribution is -2.12. The molecule has 0 fully saturated rings. The third kappa shape index (κ3) is 2.23. The Morgan fingerprint density at radius 3 is 2.75 bits per heavy atom. The average Bonchev–Trinajstić information content (AvgIpc) is 2.90. The number of fused-ring (bicyclic) bond motifs is 1. The normalized spacial score (nSPS) is 10.7. The fourth-order valence-electron chi connectivity index (χ4n) is 1.78. The standard InChI is InChI=1S/C14H8F2N2O2/c15-10-3-2-9(6-11(10)16)18-14(19)8-1-4-13-12(5-8)17-7-20-13/h1-7H,(H,18,19). The molecule has 1 amide bonds. The molecular weight excluding hydrogens is 266 g/mol. The van der Waals surface area contributed by atoms with E-state index in [9.17, 15) is 13.6 Å². The maximum absolute atomic E-state index is 13.0. The Kier molecular flexibility index (Phi) is 2.90. The summed E-state index contributed by atoms with van der Waals surface area (Å²) >= 11 is 0. The molecule has 6 heteroatoms. The molecule has 3 rings (SSSR count). The summed E-state index contributed by atoms with van der Waals surface area (Å²) in [5, 5.41) is 2.48. The van der Waals surface area contributed by atoms with E-state index in [1.54, 1.807) is 18.2 Å². The molecule has 0 aliphatic heterocycles. The summed E-state index contributed by atoms with van der Waals surface area (Å²) in [5.74, 6) is -2.43. The van der Waals surface area contributed by atoms with Crippen LogP contribution in [-0.2, 0) is 0 Å². The number of aromatic nitrogens is 1. The van der Waals surface area contributed by atoms with E-state index < -0.39 is 17.5 Å². The Hall–Kier alpha value is -2.76. The van der Waals surface area contributed by atoms with Crippen LogP contribution in [0.5, 0.6) is 0 Å². The number of benzene rings is 2. The van der Waals surface area contributed by atoms with Gasteiger partial charge < -0.3 is 9.73 Å². The molecule has 0 aliphatic rings. The molecule has 100 valence electrons. The summed E-state index contributed by atoms with van der Waals surface area (Å²) in [6.45, 7) is 0. The van der Waals surface area contributed by atoms with E-state index in [4.69, 9.17) is 4.42 Å². The van der Waals surface area contributed by atoms with E-state index in [-0.39, 0.29) is 5.69 Å². The van der Waals surface area contributed by atoms with E-state index in [0.29, 0.717) is 16.7 Å². The summed E-state index contributed by atoms with van der Waals surface area (Å²) < 4.78 is 30.9. The van der Waals surface area contributed by atoms with Crippen molar-refractivity contribution in [2.75, 3.05) is 5.32 Å². The van der Waals surface area contributed by atoms with Crippen molar-refractivity contribution >= 4 is 22.7 Å². The molecular formula is C14H8F2N2O2. The van der Waals surface area contributed by atoms with Gasteiger partial charge in [0.05, 0.1) is 0 Å². The third-order valence-corrected chi connectivity index (χ3v) is 2.77. The summed E-state index contributed by atoms with van der Waals surface area (Å²) in [5.41, 5.74) is 1.63. The molecule has 20 heavy (non-hydrogen) atoms. The number of hydrogen-bond donors (Lipinski definition) is 1. The molecule has 4 nitrogen and oxygen atoms in total. The molecule has 0 spiro atoms. The number of nitrogens with zero attached hydrogens (tertiary/aromatic N) is 1. The van der Waals surface area contributed by atoms with Crippen LogP contribution >= 0.6 is 0 Å². The molecule has 3 aromatic rings. The van der Waals surface area contributed by atoms with Gasteiger partial charge in [-0.15, -0.1) is 0 Å². The van der Waals surface area contributed by atoms with Gasteiger partial charge in [0.25, 0.3) is 5.91 Å². The van der Waals surface area contributed by atoms with Gasteiger partial charge in [-0.3, -0.25) is 4.79 Å². The van der Waals surface area contributed by atoms with Gasteiger partial charge in [0, 0.05) is 17.3 Å². The average molecular weight is 274 g/mol. The summed E-state index contributed by atoms with van der Waals surface area (Å²) in [6.07, 6.45) is 1.28. The van der Waals surface area contributed by atoms with Crippen LogP contribution in [0.2, 0.25) is 0 Å². The molecule has 0 saturated carbocycles. The van der Waals surface area contributed by atoms with Crippen molar-refractivity contribution in [3.63, 3.8) is 0 Å². The van der Waals surface area contributed by atoms with E-state index in [1.807, 2.05) is 0 Å². The maximum atomic E-state index is 13.0. The lowest BCUT2D eigenvalue weighted by atomic mass is 10.2. The van der Waals surface area contributed by atoms with E-state index in [0.717, 1.165) is 12.1 Å². The predicted octanol–water partition coefficient (Wildman–Crippen LogP) is 3.36. The highest BCUT2D eigenvalue weighted by molar-refractivity contribution is 6.05. The molecule has 0 bridgehead atoms. The van der Waals surface area contributed by atoms with Crippen LogP contribution < -0.4 is 5.32 Å². The van der Waals surface area contributed by atoms with Gasteiger partial charge in [-0.2, -0.15) is 0 Å². The van der Waals surface area contributed by atoms with Crippen molar-refractivity contribution in [1.82, 2.24) is 4.98 Å². The number of carbonyl (C=O) groups excluding carboxylic acids is 1. The van der Waals surface area contributed by atoms with Crippen molar-refractivity contribution in [1.29, 1.82) is 0 Å². The quantitative estimate of drug-likeness (QED) is 0.779. The molecule has 0 unspecified atom stereocenters. The van der Waals surface area contributed by atoms with Crippen molar-refractivity contribution in [3.8, 4) is 0 Å². The molecule has 2 aromatic carbocycles. The zero-order valence-electron chi connectivity index (χ0n) is 10.1. The minimum Gasteiger partial charge on any atom is -0.443 e. The Labute approximate surface area is 112 Å². The van der Waals surface area contributed by atoms with Crippen LogP contribution in [0.3, 0.4) is 0 Å². The van der Waals surface area contributed by atoms with Gasteiger partial charge in [0.2, 0.25) is 0 Å². The molecule has 0 radical (unpaired) electrons. The third-order valence-electron chi connectivity index (χ3n) is 2.77. The second-order valence-electron chi connectivity index (χ2n) is 4.12. The van der Waals surface area contributed by atoms with Crippen LogP contribution in [0.15, 0.2) is 47.2 Å². The Morgan fingerprint density at radius 2 is 1.95 bits per heavy atom. The topological polar surface area (TPSA) is 55.1 Å². The number of hydrogen-bond acceptors (Lipinski definition) is 3. The fraction of sp³-hybridized carbons (Fsp3) is 0. The number of amides is 1. The number of carbonyl (C=O) groups is 1. The highest BCUT2D eigenvalue weighted by Gasteiger charge is 2.10. The van der Waals surface area contributed by atoms with E-state index in [1.165, 1.54) is 12.5 Å². The summed E-state index contributed by atoms with van der Waals surface area (Å²) in [6, 6.07) is 7.87. The Morgan fingerprint density at radius 1 is 1.10 bits per heavy atom. The SMILES string of the molecule is O=C(Nc1ccc(F)c(F)c1)c1ccc2ocnc2c1. The first kappa shape index (κ1) is 12.3. The molecule has 1 heterocycles. The van der Waals surface area contributed by atoms with Gasteiger partial charge >= 0.3 is 0 Å². The second-order valence-corrected chi connectivity index (χ2v) is 4.12. The van der Waals surface area contributed by atoms with Gasteiger partial charge in [0.1, 0.15) is 5.52 Å². The van der Waals surface area contributed by atoms with Crippen LogP contribution in [0.4, 0.5) is 14.5 Å². The number of nitrogens with one attached hydrogen (secondary N) is 1. The van der Waals surface area contributed by atoms with Crippen molar-refractivity contribution < 1.29 is 18.0 Å². The van der Waals surface area contributed by atoms with Crippen LogP contribution in [0, 0.1) is 11.6 Å². The first-order chi connectivity index (χ1) is 9.63. The van der Waals surface area contributed by atoms with Crippen molar-refractivity contribution in [2.45, 2.75) is 0 Å². The Bertz CT molecular complexity index is 799. The lowest BCUT2D eigenvalue weighted by molar-refractivity contribution is 0.102. The minimum absolute atomic E-state index is 0.175. The van der Waals surface area contributed by atoms with Gasteiger partial charge in [-0.05, 0) is 30.3 Å². The van der Waals surface area contributed by atoms with E-state index >= 15 is 0 Å². The van der Waals surface area contributed by atoms with Gasteiger partial charge in [-0.25, -0.2) is 13.8 Å². The number of halogens is 2. The van der Waals surface area contributed by atoms with Crippen LogP contribution in [0.25, 0.3) is 11.1 Å². The monoisotopic (exact) mass is 274 g/mol. The first-order valence-electron chi connectivity index (χ1n) is 5.73. The van der Waals surface area contributed by atoms with Gasteiger partial charge in [0.15, 0.2) is 23.6 Å². The fourth-order valence-corrected chi connectivity index (χ4v) is 1.78. The summed E-state index contributed by atoms with van der Waals surface area (Å²) in [7, 11) is 0. The molecule has 1 aromatic heterocycles. The van der Waals surface area contributed by atoms with Crippen LogP contribution in [-0.4, -0.2) is 10.9 Å². The largest absolute Gasteiger partial charge is 0.443 e. The second kappa shape index (κ2) is 4.73.